The summed E-state index contributed by atoms with van der Waals surface area (Å²) in [5.74, 6) is 3.39. The Morgan fingerprint density at radius 1 is 1.32 bits per heavy atom. The van der Waals surface area contributed by atoms with Crippen molar-refractivity contribution in [2.75, 3.05) is 37.7 Å². The summed E-state index contributed by atoms with van der Waals surface area (Å²) in [6.07, 6.45) is 6.93. The first-order valence-corrected chi connectivity index (χ1v) is 9.58. The normalized spacial score (nSPS) is 26.6. The van der Waals surface area contributed by atoms with E-state index < -0.39 is 0 Å². The second-order valence-electron chi connectivity index (χ2n) is 7.58. The van der Waals surface area contributed by atoms with Crippen LogP contribution < -0.4 is 20.3 Å². The van der Waals surface area contributed by atoms with E-state index in [1.807, 2.05) is 13.0 Å². The van der Waals surface area contributed by atoms with Crippen LogP contribution >= 0.6 is 0 Å². The average molecular weight is 344 g/mol. The number of urea groups is 1. The van der Waals surface area contributed by atoms with Crippen molar-refractivity contribution in [3.63, 3.8) is 0 Å². The van der Waals surface area contributed by atoms with E-state index in [9.17, 15) is 4.79 Å². The molecule has 0 bridgehead atoms. The summed E-state index contributed by atoms with van der Waals surface area (Å²) < 4.78 is 5.93. The summed E-state index contributed by atoms with van der Waals surface area (Å²) in [4.78, 5) is 17.9. The number of nitrogens with zero attached hydrogens (tertiary/aromatic N) is 2. The minimum Gasteiger partial charge on any atom is -0.477 e. The van der Waals surface area contributed by atoms with Crippen LogP contribution in [0.25, 0.3) is 0 Å². The van der Waals surface area contributed by atoms with Crippen molar-refractivity contribution in [2.45, 2.75) is 32.6 Å². The van der Waals surface area contributed by atoms with Gasteiger partial charge in [0.2, 0.25) is 5.88 Å². The highest BCUT2D eigenvalue weighted by Crippen LogP contribution is 2.49. The standard InChI is InChI=1S/C19H28N4O2/c1-13-10-16(23-8-7-21-19(23)24)12-22-18(13)25-9-4-15-11-17(15)14-2-5-20-6-3-14/h10,12,14-15,17,20H,2-9,11H2,1H3,(H,21,24)/t15-,17+/m0/s1. The topological polar surface area (TPSA) is 66.5 Å². The molecule has 2 aliphatic heterocycles. The van der Waals surface area contributed by atoms with E-state index in [0.717, 1.165) is 42.0 Å². The average Bonchev–Trinajstić information content (AvgIpc) is 3.28. The third-order valence-corrected chi connectivity index (χ3v) is 5.88. The van der Waals surface area contributed by atoms with Crippen molar-refractivity contribution in [3.8, 4) is 5.88 Å². The lowest BCUT2D eigenvalue weighted by Crippen LogP contribution is -2.29. The molecular formula is C19H28N4O2. The van der Waals surface area contributed by atoms with Gasteiger partial charge in [0.25, 0.3) is 0 Å². The van der Waals surface area contributed by atoms with E-state index >= 15 is 0 Å². The Balaban J connectivity index is 1.25. The number of carbonyl (C=O) groups is 1. The smallest absolute Gasteiger partial charge is 0.322 e. The molecule has 6 nitrogen and oxygen atoms in total. The molecule has 2 atom stereocenters. The molecule has 0 unspecified atom stereocenters. The molecule has 25 heavy (non-hydrogen) atoms. The Labute approximate surface area is 149 Å². The first-order valence-electron chi connectivity index (χ1n) is 9.58. The lowest BCUT2D eigenvalue weighted by molar-refractivity contribution is 0.252. The van der Waals surface area contributed by atoms with Gasteiger partial charge in [0.05, 0.1) is 18.5 Å². The van der Waals surface area contributed by atoms with Crippen LogP contribution in [0.1, 0.15) is 31.2 Å². The van der Waals surface area contributed by atoms with Gasteiger partial charge in [-0.1, -0.05) is 0 Å². The summed E-state index contributed by atoms with van der Waals surface area (Å²) in [6.45, 7) is 6.50. The van der Waals surface area contributed by atoms with Crippen molar-refractivity contribution < 1.29 is 9.53 Å². The molecule has 1 aliphatic carbocycles. The van der Waals surface area contributed by atoms with Crippen LogP contribution in [0, 0.1) is 24.7 Å². The molecule has 0 aromatic carbocycles. The fourth-order valence-electron chi connectivity index (χ4n) is 4.32. The predicted molar refractivity (Wildman–Crippen MR) is 97.0 cm³/mol. The summed E-state index contributed by atoms with van der Waals surface area (Å²) in [6, 6.07) is 1.94. The Hall–Kier alpha value is -1.82. The molecule has 2 amide bonds. The van der Waals surface area contributed by atoms with Crippen LogP contribution in [0.15, 0.2) is 12.3 Å². The summed E-state index contributed by atoms with van der Waals surface area (Å²) >= 11 is 0. The van der Waals surface area contributed by atoms with Gasteiger partial charge in [-0.15, -0.1) is 0 Å². The van der Waals surface area contributed by atoms with E-state index in [-0.39, 0.29) is 6.03 Å². The van der Waals surface area contributed by atoms with E-state index in [1.54, 1.807) is 11.1 Å². The van der Waals surface area contributed by atoms with Gasteiger partial charge in [-0.05, 0) is 69.5 Å². The molecule has 1 saturated carbocycles. The number of rotatable bonds is 6. The van der Waals surface area contributed by atoms with Crippen LogP contribution in [0.5, 0.6) is 5.88 Å². The quantitative estimate of drug-likeness (QED) is 0.831. The lowest BCUT2D eigenvalue weighted by atomic mass is 9.91. The summed E-state index contributed by atoms with van der Waals surface area (Å²) in [5, 5.41) is 6.26. The third kappa shape index (κ3) is 3.73. The van der Waals surface area contributed by atoms with Gasteiger partial charge in [0, 0.05) is 18.7 Å². The highest BCUT2D eigenvalue weighted by Gasteiger charge is 2.42. The number of anilines is 1. The number of aryl methyl sites for hydroxylation is 1. The fourth-order valence-corrected chi connectivity index (χ4v) is 4.32. The highest BCUT2D eigenvalue weighted by molar-refractivity contribution is 5.93. The molecule has 1 aromatic heterocycles. The Kier molecular flexibility index (Phi) is 4.79. The molecule has 3 fully saturated rings. The number of nitrogens with one attached hydrogen (secondary N) is 2. The van der Waals surface area contributed by atoms with Crippen LogP contribution in [-0.2, 0) is 0 Å². The molecule has 4 rings (SSSR count). The van der Waals surface area contributed by atoms with Gasteiger partial charge in [0.1, 0.15) is 0 Å². The predicted octanol–water partition coefficient (Wildman–Crippen LogP) is 2.32. The highest BCUT2D eigenvalue weighted by atomic mass is 16.5. The number of aromatic nitrogens is 1. The first-order chi connectivity index (χ1) is 12.2. The molecule has 3 aliphatic rings. The molecule has 2 N–H and O–H groups in total. The maximum Gasteiger partial charge on any atom is 0.322 e. The molecular weight excluding hydrogens is 316 g/mol. The largest absolute Gasteiger partial charge is 0.477 e. The Morgan fingerprint density at radius 3 is 2.88 bits per heavy atom. The van der Waals surface area contributed by atoms with Crippen molar-refractivity contribution in [1.82, 2.24) is 15.6 Å². The number of ether oxygens (including phenoxy) is 1. The van der Waals surface area contributed by atoms with Crippen molar-refractivity contribution in [1.29, 1.82) is 0 Å². The van der Waals surface area contributed by atoms with Crippen molar-refractivity contribution >= 4 is 11.7 Å². The second-order valence-corrected chi connectivity index (χ2v) is 7.58. The molecule has 0 spiro atoms. The molecule has 3 heterocycles. The number of piperidine rings is 1. The van der Waals surface area contributed by atoms with Gasteiger partial charge in [-0.2, -0.15) is 0 Å². The maximum absolute atomic E-state index is 11.7. The summed E-state index contributed by atoms with van der Waals surface area (Å²) in [7, 11) is 0. The number of hydrogen-bond donors (Lipinski definition) is 2. The minimum atomic E-state index is -0.0486. The van der Waals surface area contributed by atoms with Crippen LogP contribution in [0.3, 0.4) is 0 Å². The number of carbonyl (C=O) groups excluding carboxylic acids is 1. The SMILES string of the molecule is Cc1cc(N2CCNC2=O)cnc1OCC[C@H]1C[C@@H]1C1CCNCC1. The van der Waals surface area contributed by atoms with E-state index in [2.05, 4.69) is 15.6 Å². The zero-order valence-corrected chi connectivity index (χ0v) is 15.0. The van der Waals surface area contributed by atoms with Gasteiger partial charge >= 0.3 is 6.03 Å². The Morgan fingerprint density at radius 2 is 2.16 bits per heavy atom. The molecule has 2 saturated heterocycles. The lowest BCUT2D eigenvalue weighted by Gasteiger charge is -2.22. The first kappa shape index (κ1) is 16.6. The van der Waals surface area contributed by atoms with E-state index in [0.29, 0.717) is 19.0 Å². The molecule has 6 heteroatoms. The van der Waals surface area contributed by atoms with Gasteiger partial charge in [0.15, 0.2) is 0 Å². The minimum absolute atomic E-state index is 0.0486. The van der Waals surface area contributed by atoms with Crippen LogP contribution in [-0.4, -0.2) is 43.8 Å². The van der Waals surface area contributed by atoms with Crippen LogP contribution in [0.4, 0.5) is 10.5 Å². The van der Waals surface area contributed by atoms with Gasteiger partial charge in [-0.3, -0.25) is 4.90 Å². The monoisotopic (exact) mass is 344 g/mol. The van der Waals surface area contributed by atoms with Crippen molar-refractivity contribution in [3.05, 3.63) is 17.8 Å². The number of pyridine rings is 1. The van der Waals surface area contributed by atoms with Crippen LogP contribution in [0.2, 0.25) is 0 Å². The van der Waals surface area contributed by atoms with Crippen molar-refractivity contribution in [2.24, 2.45) is 17.8 Å². The zero-order valence-electron chi connectivity index (χ0n) is 15.0. The van der Waals surface area contributed by atoms with Gasteiger partial charge < -0.3 is 15.4 Å². The second kappa shape index (κ2) is 7.20. The molecule has 0 radical (unpaired) electrons. The van der Waals surface area contributed by atoms with E-state index in [1.165, 1.54) is 32.4 Å². The molecule has 136 valence electrons. The number of amides is 2. The third-order valence-electron chi connectivity index (χ3n) is 5.88. The fraction of sp³-hybridized carbons (Fsp3) is 0.684. The maximum atomic E-state index is 11.7. The summed E-state index contributed by atoms with van der Waals surface area (Å²) in [5.41, 5.74) is 1.83. The molecule has 1 aromatic rings. The van der Waals surface area contributed by atoms with E-state index in [4.69, 9.17) is 4.74 Å². The Bertz CT molecular complexity index is 630. The zero-order chi connectivity index (χ0) is 17.2. The number of hydrogen-bond acceptors (Lipinski definition) is 4. The van der Waals surface area contributed by atoms with Gasteiger partial charge in [-0.25, -0.2) is 9.78 Å².